The highest BCUT2D eigenvalue weighted by Crippen LogP contribution is 2.17. The van der Waals surface area contributed by atoms with E-state index in [-0.39, 0.29) is 17.1 Å². The number of aliphatic carboxylic acids is 1. The largest absolute Gasteiger partial charge is 0.480 e. The van der Waals surface area contributed by atoms with Crippen molar-refractivity contribution in [3.05, 3.63) is 35.4 Å². The van der Waals surface area contributed by atoms with Crippen molar-refractivity contribution >= 4 is 17.7 Å². The van der Waals surface area contributed by atoms with Gasteiger partial charge in [-0.2, -0.15) is 11.8 Å². The van der Waals surface area contributed by atoms with Gasteiger partial charge in [0.25, 0.3) is 0 Å². The van der Waals surface area contributed by atoms with Crippen LogP contribution in [0.2, 0.25) is 0 Å². The first-order valence-corrected chi connectivity index (χ1v) is 5.66. The van der Waals surface area contributed by atoms with E-state index in [9.17, 15) is 13.6 Å². The summed E-state index contributed by atoms with van der Waals surface area (Å²) in [5, 5.41) is 8.51. The van der Waals surface area contributed by atoms with Crippen molar-refractivity contribution in [3.8, 4) is 0 Å². The van der Waals surface area contributed by atoms with Gasteiger partial charge in [0.2, 0.25) is 0 Å². The van der Waals surface area contributed by atoms with Crippen LogP contribution in [-0.4, -0.2) is 22.9 Å². The number of carboxylic acid groups (broad SMARTS) is 1. The Hall–Kier alpha value is -1.14. The van der Waals surface area contributed by atoms with E-state index in [4.69, 9.17) is 10.8 Å². The number of nitrogens with two attached hydrogens (primary N) is 1. The third-order valence-electron chi connectivity index (χ3n) is 1.88. The van der Waals surface area contributed by atoms with E-state index in [1.807, 2.05) is 0 Å². The van der Waals surface area contributed by atoms with E-state index in [1.165, 1.54) is 0 Å². The maximum Gasteiger partial charge on any atom is 0.321 e. The van der Waals surface area contributed by atoms with Crippen molar-refractivity contribution in [1.29, 1.82) is 0 Å². The van der Waals surface area contributed by atoms with Crippen LogP contribution in [0.3, 0.4) is 0 Å². The van der Waals surface area contributed by atoms with Crippen molar-refractivity contribution < 1.29 is 18.7 Å². The average molecular weight is 247 g/mol. The second-order valence-corrected chi connectivity index (χ2v) is 4.23. The van der Waals surface area contributed by atoms with Crippen LogP contribution in [-0.2, 0) is 10.5 Å². The van der Waals surface area contributed by atoms with Crippen LogP contribution in [0.5, 0.6) is 0 Å². The average Bonchev–Trinajstić information content (AvgIpc) is 2.22. The second kappa shape index (κ2) is 5.81. The molecule has 0 saturated heterocycles. The Morgan fingerprint density at radius 1 is 1.50 bits per heavy atom. The lowest BCUT2D eigenvalue weighted by Gasteiger charge is -2.06. The molecule has 1 rings (SSSR count). The number of hydrogen-bond donors (Lipinski definition) is 2. The highest BCUT2D eigenvalue weighted by molar-refractivity contribution is 7.98. The molecule has 0 saturated carbocycles. The molecule has 1 atom stereocenters. The van der Waals surface area contributed by atoms with Gasteiger partial charge in [0.15, 0.2) is 0 Å². The van der Waals surface area contributed by atoms with Crippen molar-refractivity contribution in [2.45, 2.75) is 11.8 Å². The smallest absolute Gasteiger partial charge is 0.321 e. The first kappa shape index (κ1) is 12.9. The lowest BCUT2D eigenvalue weighted by molar-refractivity contribution is -0.137. The summed E-state index contributed by atoms with van der Waals surface area (Å²) in [4.78, 5) is 10.4. The molecule has 0 amide bonds. The molecule has 0 aromatic heterocycles. The first-order chi connectivity index (χ1) is 7.50. The molecule has 0 heterocycles. The number of carboxylic acids is 1. The van der Waals surface area contributed by atoms with E-state index < -0.39 is 23.6 Å². The molecule has 0 radical (unpaired) electrons. The fourth-order valence-electron chi connectivity index (χ4n) is 1.02. The summed E-state index contributed by atoms with van der Waals surface area (Å²) in [6, 6.07) is 2.19. The van der Waals surface area contributed by atoms with Gasteiger partial charge in [-0.25, -0.2) is 8.78 Å². The molecule has 0 spiro atoms. The van der Waals surface area contributed by atoms with Crippen LogP contribution in [0.25, 0.3) is 0 Å². The molecule has 6 heteroatoms. The minimum absolute atomic E-state index is 0.158. The molecule has 1 aromatic rings. The van der Waals surface area contributed by atoms with Gasteiger partial charge in [-0.3, -0.25) is 4.79 Å². The molecule has 0 aliphatic rings. The normalized spacial score (nSPS) is 12.4. The lowest BCUT2D eigenvalue weighted by Crippen LogP contribution is -2.32. The standard InChI is InChI=1S/C10H11F2NO2S/c11-7-1-2-8(12)6(3-7)4-16-5-9(13)10(14)15/h1-3,9H,4-5,13H2,(H,14,15)/t9-/m1/s1. The monoisotopic (exact) mass is 247 g/mol. The lowest BCUT2D eigenvalue weighted by atomic mass is 10.2. The molecule has 0 fully saturated rings. The van der Waals surface area contributed by atoms with Crippen molar-refractivity contribution in [3.63, 3.8) is 0 Å². The number of carbonyl (C=O) groups is 1. The molecule has 88 valence electrons. The number of rotatable bonds is 5. The van der Waals surface area contributed by atoms with Gasteiger partial charge in [0, 0.05) is 17.1 Å². The molecule has 0 aliphatic heterocycles. The summed E-state index contributed by atoms with van der Waals surface area (Å²) in [6.45, 7) is 0. The predicted molar refractivity (Wildman–Crippen MR) is 58.1 cm³/mol. The molecular formula is C10H11F2NO2S. The Balaban J connectivity index is 2.48. The number of halogens is 2. The van der Waals surface area contributed by atoms with Crippen LogP contribution in [0, 0.1) is 11.6 Å². The minimum Gasteiger partial charge on any atom is -0.480 e. The molecule has 3 N–H and O–H groups in total. The zero-order valence-corrected chi connectivity index (χ0v) is 9.14. The van der Waals surface area contributed by atoms with E-state index in [1.54, 1.807) is 0 Å². The van der Waals surface area contributed by atoms with Crippen molar-refractivity contribution in [2.24, 2.45) is 5.73 Å². The summed E-state index contributed by atoms with van der Waals surface area (Å²) < 4.78 is 25.9. The van der Waals surface area contributed by atoms with Gasteiger partial charge in [-0.1, -0.05) is 0 Å². The molecule has 16 heavy (non-hydrogen) atoms. The maximum absolute atomic E-state index is 13.1. The van der Waals surface area contributed by atoms with Crippen LogP contribution >= 0.6 is 11.8 Å². The van der Waals surface area contributed by atoms with Crippen LogP contribution in [0.15, 0.2) is 18.2 Å². The SMILES string of the molecule is N[C@H](CSCc1cc(F)ccc1F)C(=O)O. The number of benzene rings is 1. The van der Waals surface area contributed by atoms with Crippen molar-refractivity contribution in [1.82, 2.24) is 0 Å². The second-order valence-electron chi connectivity index (χ2n) is 3.20. The van der Waals surface area contributed by atoms with E-state index >= 15 is 0 Å². The van der Waals surface area contributed by atoms with E-state index in [0.717, 1.165) is 30.0 Å². The van der Waals surface area contributed by atoms with Gasteiger partial charge in [0.05, 0.1) is 0 Å². The summed E-state index contributed by atoms with van der Waals surface area (Å²) in [7, 11) is 0. The Bertz CT molecular complexity index is 387. The Morgan fingerprint density at radius 3 is 2.81 bits per heavy atom. The summed E-state index contributed by atoms with van der Waals surface area (Å²) >= 11 is 1.15. The zero-order chi connectivity index (χ0) is 12.1. The fraction of sp³-hybridized carbons (Fsp3) is 0.300. The third kappa shape index (κ3) is 3.79. The summed E-state index contributed by atoms with van der Waals surface area (Å²) in [6.07, 6.45) is 0. The molecule has 1 aromatic carbocycles. The Labute approximate surface area is 95.6 Å². The van der Waals surface area contributed by atoms with Gasteiger partial charge < -0.3 is 10.8 Å². The molecule has 3 nitrogen and oxygen atoms in total. The first-order valence-electron chi connectivity index (χ1n) is 4.50. The van der Waals surface area contributed by atoms with Crippen LogP contribution < -0.4 is 5.73 Å². The molecule has 0 unspecified atom stereocenters. The minimum atomic E-state index is -1.10. The Kier molecular flexibility index (Phi) is 4.70. The van der Waals surface area contributed by atoms with Gasteiger partial charge in [0.1, 0.15) is 17.7 Å². The van der Waals surface area contributed by atoms with E-state index in [2.05, 4.69) is 0 Å². The highest BCUT2D eigenvalue weighted by atomic mass is 32.2. The number of hydrogen-bond acceptors (Lipinski definition) is 3. The van der Waals surface area contributed by atoms with E-state index in [0.29, 0.717) is 0 Å². The van der Waals surface area contributed by atoms with Gasteiger partial charge >= 0.3 is 5.97 Å². The third-order valence-corrected chi connectivity index (χ3v) is 2.99. The Morgan fingerprint density at radius 2 is 2.19 bits per heavy atom. The number of thioether (sulfide) groups is 1. The maximum atomic E-state index is 13.1. The molecule has 0 aliphatic carbocycles. The highest BCUT2D eigenvalue weighted by Gasteiger charge is 2.11. The summed E-state index contributed by atoms with van der Waals surface area (Å²) in [5.41, 5.74) is 5.47. The van der Waals surface area contributed by atoms with Crippen LogP contribution in [0.4, 0.5) is 8.78 Å². The quantitative estimate of drug-likeness (QED) is 0.829. The predicted octanol–water partition coefficient (Wildman–Crippen LogP) is 1.61. The molecular weight excluding hydrogens is 236 g/mol. The van der Waals surface area contributed by atoms with Crippen molar-refractivity contribution in [2.75, 3.05) is 5.75 Å². The zero-order valence-electron chi connectivity index (χ0n) is 8.32. The van der Waals surface area contributed by atoms with Gasteiger partial charge in [-0.15, -0.1) is 0 Å². The fourth-order valence-corrected chi connectivity index (χ4v) is 1.98. The molecule has 0 bridgehead atoms. The van der Waals surface area contributed by atoms with Gasteiger partial charge in [-0.05, 0) is 18.2 Å². The summed E-state index contributed by atoms with van der Waals surface area (Å²) in [5.74, 6) is -1.76. The van der Waals surface area contributed by atoms with Crippen LogP contribution in [0.1, 0.15) is 5.56 Å². The topological polar surface area (TPSA) is 63.3 Å².